The molecule has 1 aliphatic heterocycles. The summed E-state index contributed by atoms with van der Waals surface area (Å²) in [4.78, 5) is 2.72. The van der Waals surface area contributed by atoms with Crippen molar-refractivity contribution in [1.82, 2.24) is 0 Å². The second-order valence-electron chi connectivity index (χ2n) is 7.49. The van der Waals surface area contributed by atoms with E-state index in [0.717, 1.165) is 0 Å². The first kappa shape index (κ1) is 19.4. The van der Waals surface area contributed by atoms with Crippen LogP contribution in [-0.4, -0.2) is 0 Å². The van der Waals surface area contributed by atoms with Crippen LogP contribution in [-0.2, 0) is 0 Å². The van der Waals surface area contributed by atoms with E-state index in [1.54, 1.807) is 0 Å². The summed E-state index contributed by atoms with van der Waals surface area (Å²) in [5, 5.41) is 3.76. The van der Waals surface area contributed by atoms with Gasteiger partial charge in [-0.15, -0.1) is 0 Å². The molecule has 0 saturated heterocycles. The molecule has 2 heteroatoms. The minimum absolute atomic E-state index is 0.685. The zero-order chi connectivity index (χ0) is 18.2. The molecule has 0 spiro atoms. The van der Waals surface area contributed by atoms with Crippen molar-refractivity contribution < 1.29 is 0 Å². The Hall–Kier alpha value is -1.41. The number of fused-ring (bicyclic) bond motifs is 2. The van der Waals surface area contributed by atoms with E-state index < -0.39 is 0 Å². The first-order valence-electron chi connectivity index (χ1n) is 10.5. The molecule has 0 bridgehead atoms. The zero-order valence-electron chi connectivity index (χ0n) is 16.4. The smallest absolute Gasteiger partial charge is 0.0561 e. The van der Waals surface area contributed by atoms with Gasteiger partial charge < -0.3 is 5.32 Å². The van der Waals surface area contributed by atoms with Crippen LogP contribution in [0.15, 0.2) is 52.3 Å². The molecule has 0 aliphatic carbocycles. The van der Waals surface area contributed by atoms with Gasteiger partial charge in [0, 0.05) is 9.79 Å². The molecule has 1 heterocycles. The van der Waals surface area contributed by atoms with Crippen molar-refractivity contribution in [2.24, 2.45) is 0 Å². The number of para-hydroxylation sites is 2. The van der Waals surface area contributed by atoms with E-state index in [4.69, 9.17) is 0 Å². The van der Waals surface area contributed by atoms with Gasteiger partial charge in [-0.25, -0.2) is 0 Å². The number of hydrogen-bond donors (Lipinski definition) is 1. The van der Waals surface area contributed by atoms with Crippen LogP contribution in [0.3, 0.4) is 0 Å². The summed E-state index contributed by atoms with van der Waals surface area (Å²) in [6.07, 6.45) is 12.1. The van der Waals surface area contributed by atoms with E-state index in [-0.39, 0.29) is 0 Å². The maximum absolute atomic E-state index is 3.76. The Labute approximate surface area is 164 Å². The first-order chi connectivity index (χ1) is 12.8. The lowest BCUT2D eigenvalue weighted by atomic mass is 9.87. The normalized spacial score (nSPS) is 13.6. The van der Waals surface area contributed by atoms with Crippen LogP contribution in [0.5, 0.6) is 0 Å². The fourth-order valence-corrected chi connectivity index (χ4v) is 4.95. The van der Waals surface area contributed by atoms with E-state index in [1.807, 2.05) is 11.8 Å². The fraction of sp³-hybridized carbons (Fsp3) is 0.500. The van der Waals surface area contributed by atoms with Crippen LogP contribution in [0, 0.1) is 0 Å². The van der Waals surface area contributed by atoms with E-state index in [2.05, 4.69) is 61.6 Å². The molecule has 1 nitrogen and oxygen atoms in total. The molecule has 1 aliphatic rings. The highest BCUT2D eigenvalue weighted by atomic mass is 32.2. The summed E-state index contributed by atoms with van der Waals surface area (Å²) in [5.74, 6) is 0.685. The molecular formula is C24H33NS. The highest BCUT2D eigenvalue weighted by Gasteiger charge is 2.22. The lowest BCUT2D eigenvalue weighted by molar-refractivity contribution is 0.505. The largest absolute Gasteiger partial charge is 0.353 e. The third-order valence-electron chi connectivity index (χ3n) is 5.43. The Morgan fingerprint density at radius 2 is 1.50 bits per heavy atom. The van der Waals surface area contributed by atoms with E-state index >= 15 is 0 Å². The maximum atomic E-state index is 3.76. The summed E-state index contributed by atoms with van der Waals surface area (Å²) < 4.78 is 0. The zero-order valence-corrected chi connectivity index (χ0v) is 17.2. The Bertz CT molecular complexity index is 694. The molecule has 2 aromatic carbocycles. The van der Waals surface area contributed by atoms with Gasteiger partial charge >= 0.3 is 0 Å². The minimum Gasteiger partial charge on any atom is -0.353 e. The van der Waals surface area contributed by atoms with Crippen LogP contribution in [0.1, 0.15) is 83.1 Å². The van der Waals surface area contributed by atoms with Gasteiger partial charge in [0.2, 0.25) is 0 Å². The molecule has 1 N–H and O–H groups in total. The van der Waals surface area contributed by atoms with Crippen molar-refractivity contribution in [3.05, 3.63) is 48.0 Å². The van der Waals surface area contributed by atoms with Gasteiger partial charge in [0.1, 0.15) is 0 Å². The number of unbranched alkanes of at least 4 members (excludes halogenated alkanes) is 5. The third-order valence-corrected chi connectivity index (χ3v) is 6.56. The summed E-state index contributed by atoms with van der Waals surface area (Å²) >= 11 is 1.91. The second kappa shape index (κ2) is 10.1. The van der Waals surface area contributed by atoms with Crippen LogP contribution < -0.4 is 5.32 Å². The average Bonchev–Trinajstić information content (AvgIpc) is 2.68. The average molecular weight is 368 g/mol. The van der Waals surface area contributed by atoms with Crippen LogP contribution >= 0.6 is 11.8 Å². The molecule has 140 valence electrons. The predicted octanol–water partition coefficient (Wildman–Crippen LogP) is 8.53. The Morgan fingerprint density at radius 1 is 0.769 bits per heavy atom. The summed E-state index contributed by atoms with van der Waals surface area (Å²) in [6, 6.07) is 15.6. The Balaban J connectivity index is 1.77. The van der Waals surface area contributed by atoms with Crippen LogP contribution in [0.25, 0.3) is 0 Å². The van der Waals surface area contributed by atoms with Gasteiger partial charge in [0.25, 0.3) is 0 Å². The number of anilines is 2. The molecule has 0 saturated carbocycles. The van der Waals surface area contributed by atoms with Crippen LogP contribution in [0.4, 0.5) is 11.4 Å². The molecule has 1 atom stereocenters. The van der Waals surface area contributed by atoms with Gasteiger partial charge in [-0.2, -0.15) is 0 Å². The molecule has 2 aromatic rings. The van der Waals surface area contributed by atoms with Gasteiger partial charge in [0.05, 0.1) is 11.4 Å². The van der Waals surface area contributed by atoms with Crippen molar-refractivity contribution in [2.45, 2.75) is 87.3 Å². The summed E-state index contributed by atoms with van der Waals surface area (Å²) in [5.41, 5.74) is 4.16. The van der Waals surface area contributed by atoms with E-state index in [9.17, 15) is 0 Å². The number of rotatable bonds is 10. The van der Waals surface area contributed by atoms with Crippen molar-refractivity contribution in [3.8, 4) is 0 Å². The van der Waals surface area contributed by atoms with Crippen molar-refractivity contribution in [3.63, 3.8) is 0 Å². The Morgan fingerprint density at radius 3 is 2.35 bits per heavy atom. The summed E-state index contributed by atoms with van der Waals surface area (Å²) in [7, 11) is 0. The van der Waals surface area contributed by atoms with E-state index in [1.165, 1.54) is 84.5 Å². The lowest BCUT2D eigenvalue weighted by Gasteiger charge is -2.27. The highest BCUT2D eigenvalue weighted by Crippen LogP contribution is 2.47. The monoisotopic (exact) mass is 367 g/mol. The minimum atomic E-state index is 0.685. The van der Waals surface area contributed by atoms with Crippen LogP contribution in [0.2, 0.25) is 0 Å². The SMILES string of the molecule is CCCCCCCC(CCCC)c1cccc2c1Nc1ccccc1S2. The first-order valence-corrected chi connectivity index (χ1v) is 11.3. The Kier molecular flexibility index (Phi) is 7.49. The van der Waals surface area contributed by atoms with Gasteiger partial charge in [-0.1, -0.05) is 94.8 Å². The van der Waals surface area contributed by atoms with Gasteiger partial charge in [0.15, 0.2) is 0 Å². The fourth-order valence-electron chi connectivity index (χ4n) is 3.92. The molecular weight excluding hydrogens is 334 g/mol. The van der Waals surface area contributed by atoms with Crippen molar-refractivity contribution >= 4 is 23.1 Å². The van der Waals surface area contributed by atoms with E-state index in [0.29, 0.717) is 5.92 Å². The molecule has 1 unspecified atom stereocenters. The van der Waals surface area contributed by atoms with Crippen molar-refractivity contribution in [2.75, 3.05) is 5.32 Å². The molecule has 3 rings (SSSR count). The number of hydrogen-bond acceptors (Lipinski definition) is 2. The molecule has 0 radical (unpaired) electrons. The van der Waals surface area contributed by atoms with Gasteiger partial charge in [-0.3, -0.25) is 0 Å². The predicted molar refractivity (Wildman–Crippen MR) is 116 cm³/mol. The molecule has 26 heavy (non-hydrogen) atoms. The second-order valence-corrected chi connectivity index (χ2v) is 8.57. The van der Waals surface area contributed by atoms with Gasteiger partial charge in [-0.05, 0) is 42.5 Å². The lowest BCUT2D eigenvalue weighted by Crippen LogP contribution is -2.08. The molecule has 0 aromatic heterocycles. The highest BCUT2D eigenvalue weighted by molar-refractivity contribution is 7.99. The number of nitrogens with one attached hydrogen (secondary N) is 1. The maximum Gasteiger partial charge on any atom is 0.0561 e. The number of benzene rings is 2. The third kappa shape index (κ3) is 4.85. The molecule has 0 fully saturated rings. The molecule has 0 amide bonds. The van der Waals surface area contributed by atoms with Crippen molar-refractivity contribution in [1.29, 1.82) is 0 Å². The summed E-state index contributed by atoms with van der Waals surface area (Å²) in [6.45, 7) is 4.60. The topological polar surface area (TPSA) is 12.0 Å². The quantitative estimate of drug-likeness (QED) is 0.360. The standard InChI is InChI=1S/C24H33NS/c1-3-5-7-8-9-14-19(13-6-4-2)20-15-12-18-23-24(20)25-21-16-10-11-17-22(21)26-23/h10-12,15-19,25H,3-9,13-14H2,1-2H3.